The molecule has 1 aliphatic heterocycles. The molecule has 0 radical (unpaired) electrons. The van der Waals surface area contributed by atoms with E-state index in [0.717, 1.165) is 11.8 Å². The molecule has 0 aromatic rings. The molecule has 3 N–H and O–H groups in total. The van der Waals surface area contributed by atoms with Gasteiger partial charge in [-0.25, -0.2) is 0 Å². The molecule has 2 fully saturated rings. The van der Waals surface area contributed by atoms with Crippen LogP contribution < -0.4 is 11.3 Å². The summed E-state index contributed by atoms with van der Waals surface area (Å²) in [5.41, 5.74) is 3.46. The number of likely N-dealkylation sites (tertiary alicyclic amines) is 1. The third kappa shape index (κ3) is 3.20. The molecule has 2 unspecified atom stereocenters. The Kier molecular flexibility index (Phi) is 5.88. The van der Waals surface area contributed by atoms with Gasteiger partial charge >= 0.3 is 0 Å². The Hall–Kier alpha value is -0.120. The van der Waals surface area contributed by atoms with E-state index in [0.29, 0.717) is 6.04 Å². The minimum absolute atomic E-state index is 0.231. The van der Waals surface area contributed by atoms with Crippen molar-refractivity contribution in [2.45, 2.75) is 83.7 Å². The summed E-state index contributed by atoms with van der Waals surface area (Å²) in [5.74, 6) is 7.74. The fourth-order valence-corrected chi connectivity index (χ4v) is 4.62. The first kappa shape index (κ1) is 16.3. The van der Waals surface area contributed by atoms with Gasteiger partial charge in [0.05, 0.1) is 0 Å². The topological polar surface area (TPSA) is 41.3 Å². The molecule has 0 spiro atoms. The summed E-state index contributed by atoms with van der Waals surface area (Å²) in [6.45, 7) is 9.62. The minimum atomic E-state index is 0.231. The summed E-state index contributed by atoms with van der Waals surface area (Å²) in [4.78, 5) is 2.70. The predicted octanol–water partition coefficient (Wildman–Crippen LogP) is 3.30. The number of rotatable bonds is 6. The van der Waals surface area contributed by atoms with Crippen LogP contribution in [-0.2, 0) is 0 Å². The Labute approximate surface area is 125 Å². The van der Waals surface area contributed by atoms with Crippen molar-refractivity contribution in [1.29, 1.82) is 0 Å². The lowest BCUT2D eigenvalue weighted by Gasteiger charge is -2.48. The van der Waals surface area contributed by atoms with E-state index in [-0.39, 0.29) is 5.54 Å². The van der Waals surface area contributed by atoms with E-state index in [1.165, 1.54) is 64.5 Å². The largest absolute Gasteiger partial charge is 0.296 e. The first-order chi connectivity index (χ1) is 9.65. The van der Waals surface area contributed by atoms with Crippen LogP contribution in [0.15, 0.2) is 0 Å². The molecule has 1 aliphatic carbocycles. The first-order valence-corrected chi connectivity index (χ1v) is 8.86. The highest BCUT2D eigenvalue weighted by molar-refractivity contribution is 5.00. The molecule has 0 aromatic carbocycles. The smallest absolute Gasteiger partial charge is 0.0420 e. The Morgan fingerprint density at radius 1 is 1.15 bits per heavy atom. The third-order valence-corrected chi connectivity index (χ3v) is 6.33. The highest BCUT2D eigenvalue weighted by atomic mass is 15.3. The van der Waals surface area contributed by atoms with E-state index in [2.05, 4.69) is 31.1 Å². The molecule has 2 atom stereocenters. The molecule has 0 aromatic heterocycles. The summed E-state index contributed by atoms with van der Waals surface area (Å²) in [5, 5.41) is 0. The van der Waals surface area contributed by atoms with Gasteiger partial charge in [0, 0.05) is 11.6 Å². The standard InChI is InChI=1S/C17H35N3/c1-4-14-8-10-15(11-9-14)16(19-18)17(3,5-2)20-12-6-7-13-20/h14-16,19H,4-13,18H2,1-3H3. The molecule has 3 heteroatoms. The molecule has 0 amide bonds. The fourth-order valence-electron chi connectivity index (χ4n) is 4.62. The molecule has 20 heavy (non-hydrogen) atoms. The van der Waals surface area contributed by atoms with Crippen LogP contribution in [0.2, 0.25) is 0 Å². The first-order valence-electron chi connectivity index (χ1n) is 8.86. The highest BCUT2D eigenvalue weighted by Crippen LogP contribution is 2.39. The van der Waals surface area contributed by atoms with Gasteiger partial charge in [0.2, 0.25) is 0 Å². The van der Waals surface area contributed by atoms with Gasteiger partial charge in [0.25, 0.3) is 0 Å². The maximum Gasteiger partial charge on any atom is 0.0420 e. The minimum Gasteiger partial charge on any atom is -0.296 e. The average molecular weight is 281 g/mol. The number of nitrogens with zero attached hydrogens (tertiary/aromatic N) is 1. The van der Waals surface area contributed by atoms with E-state index in [1.54, 1.807) is 0 Å². The number of hydrazine groups is 1. The van der Waals surface area contributed by atoms with Crippen LogP contribution in [-0.4, -0.2) is 29.6 Å². The van der Waals surface area contributed by atoms with Crippen LogP contribution >= 0.6 is 0 Å². The van der Waals surface area contributed by atoms with Gasteiger partial charge in [-0.1, -0.05) is 33.1 Å². The zero-order chi connectivity index (χ0) is 14.6. The van der Waals surface area contributed by atoms with E-state index < -0.39 is 0 Å². The van der Waals surface area contributed by atoms with Crippen molar-refractivity contribution in [2.24, 2.45) is 17.7 Å². The normalized spacial score (nSPS) is 33.0. The van der Waals surface area contributed by atoms with Gasteiger partial charge < -0.3 is 0 Å². The maximum absolute atomic E-state index is 6.02. The lowest BCUT2D eigenvalue weighted by molar-refractivity contribution is 0.0420. The van der Waals surface area contributed by atoms with Crippen LogP contribution in [0.1, 0.15) is 72.1 Å². The van der Waals surface area contributed by atoms with Crippen molar-refractivity contribution in [3.63, 3.8) is 0 Å². The predicted molar refractivity (Wildman–Crippen MR) is 86.4 cm³/mol. The maximum atomic E-state index is 6.02. The average Bonchev–Trinajstić information content (AvgIpc) is 3.03. The van der Waals surface area contributed by atoms with Gasteiger partial charge in [-0.05, 0) is 64.0 Å². The third-order valence-electron chi connectivity index (χ3n) is 6.33. The second-order valence-corrected chi connectivity index (χ2v) is 7.24. The van der Waals surface area contributed by atoms with E-state index >= 15 is 0 Å². The lowest BCUT2D eigenvalue weighted by Crippen LogP contribution is -2.63. The van der Waals surface area contributed by atoms with Crippen molar-refractivity contribution in [3.05, 3.63) is 0 Å². The van der Waals surface area contributed by atoms with Gasteiger partial charge in [0.1, 0.15) is 0 Å². The Morgan fingerprint density at radius 3 is 2.20 bits per heavy atom. The zero-order valence-electron chi connectivity index (χ0n) is 13.8. The van der Waals surface area contributed by atoms with Crippen molar-refractivity contribution in [3.8, 4) is 0 Å². The molecule has 2 rings (SSSR count). The number of nitrogens with two attached hydrogens (primary N) is 1. The van der Waals surface area contributed by atoms with Crippen molar-refractivity contribution in [1.82, 2.24) is 10.3 Å². The summed E-state index contributed by atoms with van der Waals surface area (Å²) in [6.07, 6.45) is 10.8. The number of hydrogen-bond donors (Lipinski definition) is 2. The molecule has 118 valence electrons. The van der Waals surface area contributed by atoms with Gasteiger partial charge in [-0.3, -0.25) is 16.2 Å². The Morgan fingerprint density at radius 2 is 1.75 bits per heavy atom. The van der Waals surface area contributed by atoms with Crippen molar-refractivity contribution >= 4 is 0 Å². The monoisotopic (exact) mass is 281 g/mol. The molecule has 1 saturated carbocycles. The summed E-state index contributed by atoms with van der Waals surface area (Å²) < 4.78 is 0. The summed E-state index contributed by atoms with van der Waals surface area (Å²) in [6, 6.07) is 0.448. The van der Waals surface area contributed by atoms with Crippen LogP contribution in [0, 0.1) is 11.8 Å². The molecule has 2 aliphatic rings. The lowest BCUT2D eigenvalue weighted by atomic mass is 9.71. The Balaban J connectivity index is 2.05. The van der Waals surface area contributed by atoms with Crippen LogP contribution in [0.3, 0.4) is 0 Å². The van der Waals surface area contributed by atoms with E-state index in [1.807, 2.05) is 0 Å². The highest BCUT2D eigenvalue weighted by Gasteiger charge is 2.43. The number of hydrogen-bond acceptors (Lipinski definition) is 3. The summed E-state index contributed by atoms with van der Waals surface area (Å²) >= 11 is 0. The van der Waals surface area contributed by atoms with Crippen molar-refractivity contribution < 1.29 is 0 Å². The Bertz CT molecular complexity index is 280. The molecular weight excluding hydrogens is 246 g/mol. The van der Waals surface area contributed by atoms with Gasteiger partial charge in [-0.15, -0.1) is 0 Å². The van der Waals surface area contributed by atoms with Crippen LogP contribution in [0.25, 0.3) is 0 Å². The molecule has 0 bridgehead atoms. The molecule has 1 heterocycles. The SMILES string of the molecule is CCC1CCC(C(NN)C(C)(CC)N2CCCC2)CC1. The fraction of sp³-hybridized carbons (Fsp3) is 1.00. The van der Waals surface area contributed by atoms with Gasteiger partial charge in [0.15, 0.2) is 0 Å². The van der Waals surface area contributed by atoms with Crippen LogP contribution in [0.5, 0.6) is 0 Å². The second-order valence-electron chi connectivity index (χ2n) is 7.24. The molecule has 3 nitrogen and oxygen atoms in total. The zero-order valence-corrected chi connectivity index (χ0v) is 13.8. The molecule has 1 saturated heterocycles. The van der Waals surface area contributed by atoms with Crippen LogP contribution in [0.4, 0.5) is 0 Å². The summed E-state index contributed by atoms with van der Waals surface area (Å²) in [7, 11) is 0. The van der Waals surface area contributed by atoms with Gasteiger partial charge in [-0.2, -0.15) is 0 Å². The second kappa shape index (κ2) is 7.24. The quantitative estimate of drug-likeness (QED) is 0.580. The molecular formula is C17H35N3. The van der Waals surface area contributed by atoms with E-state index in [9.17, 15) is 0 Å². The number of nitrogens with one attached hydrogen (secondary N) is 1. The van der Waals surface area contributed by atoms with Crippen molar-refractivity contribution in [2.75, 3.05) is 13.1 Å². The van der Waals surface area contributed by atoms with E-state index in [4.69, 9.17) is 5.84 Å².